The van der Waals surface area contributed by atoms with Gasteiger partial charge in [0.15, 0.2) is 0 Å². The van der Waals surface area contributed by atoms with Crippen LogP contribution in [0.4, 0.5) is 0 Å². The summed E-state index contributed by atoms with van der Waals surface area (Å²) in [5, 5.41) is 0. The molecular weight excluding hydrogens is 240 g/mol. The number of aryl methyl sites for hydroxylation is 4. The molecule has 0 heteroatoms. The molecule has 2 aromatic carbocycles. The number of hydrogen-bond acceptors (Lipinski definition) is 0. The fourth-order valence-electron chi connectivity index (χ4n) is 2.80. The van der Waals surface area contributed by atoms with Crippen LogP contribution in [0.1, 0.15) is 46.2 Å². The van der Waals surface area contributed by atoms with Crippen LogP contribution in [0, 0.1) is 27.7 Å². The molecule has 0 spiro atoms. The van der Waals surface area contributed by atoms with Gasteiger partial charge in [-0.1, -0.05) is 36.4 Å². The van der Waals surface area contributed by atoms with Gasteiger partial charge in [-0.05, 0) is 86.8 Å². The van der Waals surface area contributed by atoms with Crippen LogP contribution < -0.4 is 0 Å². The Morgan fingerprint density at radius 3 is 1.40 bits per heavy atom. The van der Waals surface area contributed by atoms with Crippen LogP contribution >= 0.6 is 0 Å². The molecule has 0 aliphatic carbocycles. The van der Waals surface area contributed by atoms with Gasteiger partial charge in [0, 0.05) is 0 Å². The largest absolute Gasteiger partial charge is 0.0617 e. The first kappa shape index (κ1) is 14.8. The fraction of sp³-hybridized carbons (Fsp3) is 0.400. The van der Waals surface area contributed by atoms with Crippen LogP contribution in [-0.2, 0) is 12.8 Å². The second kappa shape index (κ2) is 6.74. The summed E-state index contributed by atoms with van der Waals surface area (Å²) in [6.45, 7) is 8.90. The van der Waals surface area contributed by atoms with E-state index in [-0.39, 0.29) is 0 Å². The fourth-order valence-corrected chi connectivity index (χ4v) is 2.80. The number of unbranched alkanes of at least 4 members (excludes halogenated alkanes) is 1. The Morgan fingerprint density at radius 2 is 1.00 bits per heavy atom. The van der Waals surface area contributed by atoms with E-state index in [0.717, 1.165) is 0 Å². The van der Waals surface area contributed by atoms with Gasteiger partial charge >= 0.3 is 0 Å². The van der Waals surface area contributed by atoms with Crippen molar-refractivity contribution in [3.05, 3.63) is 69.8 Å². The van der Waals surface area contributed by atoms with Crippen LogP contribution in [0.15, 0.2) is 36.4 Å². The van der Waals surface area contributed by atoms with E-state index in [0.29, 0.717) is 0 Å². The third-order valence-electron chi connectivity index (χ3n) is 4.58. The van der Waals surface area contributed by atoms with Crippen molar-refractivity contribution in [2.24, 2.45) is 0 Å². The summed E-state index contributed by atoms with van der Waals surface area (Å²) < 4.78 is 0. The molecule has 0 saturated heterocycles. The van der Waals surface area contributed by atoms with Gasteiger partial charge in [0.25, 0.3) is 0 Å². The van der Waals surface area contributed by atoms with E-state index in [2.05, 4.69) is 64.1 Å². The molecule has 0 amide bonds. The van der Waals surface area contributed by atoms with Crippen LogP contribution in [0.25, 0.3) is 0 Å². The molecule has 106 valence electrons. The standard InChI is InChI=1S/C20H26/c1-15-9-7-13-19(17(15)3)11-5-6-12-20-14-8-10-16(2)18(20)4/h7-10,13-14H,5-6,11-12H2,1-4H3. The molecule has 0 nitrogen and oxygen atoms in total. The maximum atomic E-state index is 2.28. The summed E-state index contributed by atoms with van der Waals surface area (Å²) in [5.74, 6) is 0. The lowest BCUT2D eigenvalue weighted by Gasteiger charge is -2.10. The summed E-state index contributed by atoms with van der Waals surface area (Å²) in [7, 11) is 0. The highest BCUT2D eigenvalue weighted by Gasteiger charge is 2.03. The Hall–Kier alpha value is -1.56. The quantitative estimate of drug-likeness (QED) is 0.628. The molecule has 20 heavy (non-hydrogen) atoms. The average Bonchev–Trinajstić information content (AvgIpc) is 2.43. The van der Waals surface area contributed by atoms with Crippen molar-refractivity contribution in [2.45, 2.75) is 53.4 Å². The van der Waals surface area contributed by atoms with Gasteiger partial charge in [-0.2, -0.15) is 0 Å². The van der Waals surface area contributed by atoms with E-state index >= 15 is 0 Å². The van der Waals surface area contributed by atoms with E-state index in [1.54, 1.807) is 0 Å². The maximum absolute atomic E-state index is 2.28. The molecule has 0 N–H and O–H groups in total. The van der Waals surface area contributed by atoms with Crippen LogP contribution in [0.3, 0.4) is 0 Å². The highest BCUT2D eigenvalue weighted by Crippen LogP contribution is 2.18. The zero-order chi connectivity index (χ0) is 14.5. The van der Waals surface area contributed by atoms with E-state index in [4.69, 9.17) is 0 Å². The minimum Gasteiger partial charge on any atom is -0.0617 e. The normalized spacial score (nSPS) is 10.8. The topological polar surface area (TPSA) is 0 Å². The van der Waals surface area contributed by atoms with E-state index < -0.39 is 0 Å². The Kier molecular flexibility index (Phi) is 5.00. The van der Waals surface area contributed by atoms with Crippen molar-refractivity contribution in [3.63, 3.8) is 0 Å². The molecule has 0 saturated carbocycles. The Balaban J connectivity index is 1.88. The number of benzene rings is 2. The number of rotatable bonds is 5. The lowest BCUT2D eigenvalue weighted by atomic mass is 9.96. The van der Waals surface area contributed by atoms with Gasteiger partial charge in [-0.15, -0.1) is 0 Å². The summed E-state index contributed by atoms with van der Waals surface area (Å²) in [4.78, 5) is 0. The Labute approximate surface area is 123 Å². The first-order valence-corrected chi connectivity index (χ1v) is 7.70. The molecule has 0 bridgehead atoms. The lowest BCUT2D eigenvalue weighted by Crippen LogP contribution is -1.96. The van der Waals surface area contributed by atoms with E-state index in [9.17, 15) is 0 Å². The van der Waals surface area contributed by atoms with E-state index in [1.165, 1.54) is 59.1 Å². The van der Waals surface area contributed by atoms with Crippen molar-refractivity contribution in [3.8, 4) is 0 Å². The molecule has 0 aromatic heterocycles. The lowest BCUT2D eigenvalue weighted by molar-refractivity contribution is 0.729. The molecule has 2 rings (SSSR count). The van der Waals surface area contributed by atoms with E-state index in [1.807, 2.05) is 0 Å². The molecule has 0 atom stereocenters. The first-order valence-electron chi connectivity index (χ1n) is 7.70. The van der Waals surface area contributed by atoms with Crippen LogP contribution in [0.2, 0.25) is 0 Å². The van der Waals surface area contributed by atoms with Crippen molar-refractivity contribution in [2.75, 3.05) is 0 Å². The molecule has 2 aromatic rings. The molecule has 0 aliphatic heterocycles. The minimum atomic E-state index is 1.21. The molecular formula is C20H26. The highest BCUT2D eigenvalue weighted by atomic mass is 14.1. The van der Waals surface area contributed by atoms with Gasteiger partial charge in [-0.3, -0.25) is 0 Å². The smallest absolute Gasteiger partial charge is 0.0276 e. The van der Waals surface area contributed by atoms with Gasteiger partial charge in [-0.25, -0.2) is 0 Å². The third-order valence-corrected chi connectivity index (χ3v) is 4.58. The van der Waals surface area contributed by atoms with Crippen molar-refractivity contribution in [1.29, 1.82) is 0 Å². The maximum Gasteiger partial charge on any atom is -0.0276 e. The van der Waals surface area contributed by atoms with Gasteiger partial charge in [0.1, 0.15) is 0 Å². The molecule has 0 heterocycles. The third kappa shape index (κ3) is 3.50. The van der Waals surface area contributed by atoms with Crippen molar-refractivity contribution >= 4 is 0 Å². The SMILES string of the molecule is Cc1cccc(CCCCc2cccc(C)c2C)c1C. The minimum absolute atomic E-state index is 1.21. The Bertz CT molecular complexity index is 525. The second-order valence-electron chi connectivity index (χ2n) is 5.93. The second-order valence-corrected chi connectivity index (χ2v) is 5.93. The first-order chi connectivity index (χ1) is 9.59. The molecule has 0 fully saturated rings. The van der Waals surface area contributed by atoms with Crippen LogP contribution in [0.5, 0.6) is 0 Å². The highest BCUT2D eigenvalue weighted by molar-refractivity contribution is 5.34. The van der Waals surface area contributed by atoms with Gasteiger partial charge in [0.05, 0.1) is 0 Å². The predicted octanol–water partition coefficient (Wildman–Crippen LogP) is 5.49. The Morgan fingerprint density at radius 1 is 0.600 bits per heavy atom. The molecule has 0 unspecified atom stereocenters. The average molecular weight is 266 g/mol. The van der Waals surface area contributed by atoms with Crippen molar-refractivity contribution in [1.82, 2.24) is 0 Å². The zero-order valence-electron chi connectivity index (χ0n) is 13.3. The van der Waals surface area contributed by atoms with Gasteiger partial charge < -0.3 is 0 Å². The predicted molar refractivity (Wildman–Crippen MR) is 88.5 cm³/mol. The summed E-state index contributed by atoms with van der Waals surface area (Å²) in [5.41, 5.74) is 8.81. The van der Waals surface area contributed by atoms with Crippen molar-refractivity contribution < 1.29 is 0 Å². The number of hydrogen-bond donors (Lipinski definition) is 0. The summed E-state index contributed by atoms with van der Waals surface area (Å²) in [6.07, 6.45) is 4.96. The van der Waals surface area contributed by atoms with Crippen LogP contribution in [-0.4, -0.2) is 0 Å². The molecule has 0 aliphatic rings. The zero-order valence-corrected chi connectivity index (χ0v) is 13.3. The monoisotopic (exact) mass is 266 g/mol. The summed E-state index contributed by atoms with van der Waals surface area (Å²) >= 11 is 0. The molecule has 0 radical (unpaired) electrons. The van der Waals surface area contributed by atoms with Gasteiger partial charge in [0.2, 0.25) is 0 Å². The summed E-state index contributed by atoms with van der Waals surface area (Å²) in [6, 6.07) is 13.3.